The molecule has 5 heterocycles. The Kier molecular flexibility index (Phi) is 11.3. The molecule has 1 aromatic heterocycles. The van der Waals surface area contributed by atoms with Crippen LogP contribution in [0, 0.1) is 11.6 Å². The Balaban J connectivity index is 1.14. The van der Waals surface area contributed by atoms with Crippen molar-refractivity contribution in [3.8, 4) is 5.75 Å². The van der Waals surface area contributed by atoms with E-state index in [4.69, 9.17) is 4.98 Å². The number of halogens is 2. The lowest BCUT2D eigenvalue weighted by molar-refractivity contribution is -0.189. The minimum atomic E-state index is -1.36. The monoisotopic (exact) mass is 757 g/mol. The number of piperazine rings is 2. The Morgan fingerprint density at radius 1 is 1.00 bits per heavy atom. The Morgan fingerprint density at radius 3 is 2.38 bits per heavy atom. The zero-order valence-electron chi connectivity index (χ0n) is 31.4. The van der Waals surface area contributed by atoms with Crippen LogP contribution in [0.3, 0.4) is 0 Å². The van der Waals surface area contributed by atoms with Gasteiger partial charge in [0, 0.05) is 88.6 Å². The van der Waals surface area contributed by atoms with Crippen LogP contribution in [0.4, 0.5) is 19.4 Å². The number of phenolic OH excluding ortho intramolecular Hbond substituents is 1. The van der Waals surface area contributed by atoms with E-state index in [2.05, 4.69) is 40.4 Å². The smallest absolute Gasteiger partial charge is 0.334 e. The molecular weight excluding hydrogens is 708 g/mol. The Morgan fingerprint density at radius 2 is 1.71 bits per heavy atom. The highest BCUT2D eigenvalue weighted by molar-refractivity contribution is 5.91. The Labute approximate surface area is 320 Å². The van der Waals surface area contributed by atoms with Gasteiger partial charge in [0.15, 0.2) is 0 Å². The number of pyridine rings is 1. The molecule has 2 N–H and O–H groups in total. The third-order valence-corrected chi connectivity index (χ3v) is 11.1. The van der Waals surface area contributed by atoms with Crippen molar-refractivity contribution < 1.29 is 28.3 Å². The molecule has 13 nitrogen and oxygen atoms in total. The molecule has 0 bridgehead atoms. The predicted octanol–water partition coefficient (Wildman–Crippen LogP) is 3.02. The number of rotatable bonds is 11. The number of carbonyl (C=O) groups is 3. The maximum Gasteiger partial charge on any atom is 0.334 e. The van der Waals surface area contributed by atoms with Crippen LogP contribution in [0.2, 0.25) is 0 Å². The molecule has 4 fully saturated rings. The van der Waals surface area contributed by atoms with Gasteiger partial charge in [-0.1, -0.05) is 42.5 Å². The van der Waals surface area contributed by atoms with E-state index >= 15 is 8.78 Å². The summed E-state index contributed by atoms with van der Waals surface area (Å²) in [5.74, 6) is -2.91. The number of hydrogen-bond acceptors (Lipinski definition) is 9. The van der Waals surface area contributed by atoms with E-state index < -0.39 is 59.4 Å². The summed E-state index contributed by atoms with van der Waals surface area (Å²) < 4.78 is 30.4. The number of benzene rings is 2. The van der Waals surface area contributed by atoms with Gasteiger partial charge in [0.1, 0.15) is 35.4 Å². The van der Waals surface area contributed by atoms with Crippen molar-refractivity contribution in [2.24, 2.45) is 0 Å². The predicted molar refractivity (Wildman–Crippen MR) is 202 cm³/mol. The first kappa shape index (κ1) is 38.2. The van der Waals surface area contributed by atoms with Gasteiger partial charge in [0.2, 0.25) is 11.8 Å². The van der Waals surface area contributed by atoms with Crippen molar-refractivity contribution in [1.82, 2.24) is 39.9 Å². The van der Waals surface area contributed by atoms with Crippen LogP contribution in [0.25, 0.3) is 0 Å². The quantitative estimate of drug-likeness (QED) is 0.285. The number of amides is 4. The zero-order chi connectivity index (χ0) is 38.8. The van der Waals surface area contributed by atoms with Gasteiger partial charge in [-0.2, -0.15) is 0 Å². The van der Waals surface area contributed by atoms with Gasteiger partial charge in [-0.15, -0.1) is 6.58 Å². The SMILES string of the molecule is C=CCN1CC(=O)N2C(Cc3c(F)cc(O)cc3F)C(=O)N(Cc3cccc(N4CC(N5CCN(C(C)C)CC5)C4)n3)CC2N1C(=O)NCc1ccccc1. The van der Waals surface area contributed by atoms with E-state index in [1.54, 1.807) is 11.1 Å². The highest BCUT2D eigenvalue weighted by Gasteiger charge is 2.51. The number of carbonyl (C=O) groups excluding carboxylic acids is 3. The molecule has 7 rings (SSSR count). The molecule has 2 atom stereocenters. The first-order valence-electron chi connectivity index (χ1n) is 18.9. The minimum Gasteiger partial charge on any atom is -0.508 e. The molecule has 3 aromatic rings. The summed E-state index contributed by atoms with van der Waals surface area (Å²) in [6, 6.07) is 15.7. The molecule has 4 aliphatic heterocycles. The van der Waals surface area contributed by atoms with Gasteiger partial charge in [-0.05, 0) is 31.5 Å². The summed E-state index contributed by atoms with van der Waals surface area (Å²) in [6.45, 7) is 14.2. The van der Waals surface area contributed by atoms with E-state index in [-0.39, 0.29) is 32.7 Å². The van der Waals surface area contributed by atoms with E-state index in [0.717, 1.165) is 62.8 Å². The summed E-state index contributed by atoms with van der Waals surface area (Å²) in [7, 11) is 0. The molecule has 0 spiro atoms. The highest BCUT2D eigenvalue weighted by Crippen LogP contribution is 2.32. The molecule has 4 amide bonds. The minimum absolute atomic E-state index is 0.0393. The van der Waals surface area contributed by atoms with E-state index in [9.17, 15) is 19.5 Å². The van der Waals surface area contributed by atoms with Gasteiger partial charge >= 0.3 is 6.03 Å². The molecule has 292 valence electrons. The van der Waals surface area contributed by atoms with Crippen LogP contribution in [-0.2, 0) is 29.1 Å². The normalized spacial score (nSPS) is 21.5. The molecule has 0 saturated carbocycles. The maximum absolute atomic E-state index is 15.2. The maximum atomic E-state index is 15.2. The van der Waals surface area contributed by atoms with E-state index in [1.807, 2.05) is 48.5 Å². The van der Waals surface area contributed by atoms with Crippen molar-refractivity contribution in [3.05, 3.63) is 102 Å². The summed E-state index contributed by atoms with van der Waals surface area (Å²) >= 11 is 0. The number of fused-ring (bicyclic) bond motifs is 1. The lowest BCUT2D eigenvalue weighted by Crippen LogP contribution is -2.76. The molecular formula is C40H49F2N9O4. The fourth-order valence-electron chi connectivity index (χ4n) is 8.10. The first-order chi connectivity index (χ1) is 26.5. The van der Waals surface area contributed by atoms with Crippen molar-refractivity contribution in [3.63, 3.8) is 0 Å². The summed E-state index contributed by atoms with van der Waals surface area (Å²) in [6.07, 6.45) is 0.0508. The topological polar surface area (TPSA) is 119 Å². The third kappa shape index (κ3) is 8.14. The molecule has 2 unspecified atom stereocenters. The van der Waals surface area contributed by atoms with Gasteiger partial charge in [0.05, 0.1) is 25.3 Å². The Hall–Kier alpha value is -5.12. The summed E-state index contributed by atoms with van der Waals surface area (Å²) in [4.78, 5) is 57.3. The van der Waals surface area contributed by atoms with Crippen molar-refractivity contribution >= 4 is 23.7 Å². The second-order valence-corrected chi connectivity index (χ2v) is 14.9. The van der Waals surface area contributed by atoms with E-state index in [1.165, 1.54) is 14.8 Å². The summed E-state index contributed by atoms with van der Waals surface area (Å²) in [5.41, 5.74) is 1.01. The lowest BCUT2D eigenvalue weighted by Gasteiger charge is -2.55. The number of aromatic nitrogens is 1. The van der Waals surface area contributed by atoms with Crippen molar-refractivity contribution in [2.45, 2.75) is 57.6 Å². The highest BCUT2D eigenvalue weighted by atomic mass is 19.1. The number of nitrogens with zero attached hydrogens (tertiary/aromatic N) is 8. The van der Waals surface area contributed by atoms with Crippen LogP contribution in [0.1, 0.15) is 30.7 Å². The molecule has 15 heteroatoms. The van der Waals surface area contributed by atoms with Crippen LogP contribution in [0.5, 0.6) is 5.75 Å². The van der Waals surface area contributed by atoms with Crippen LogP contribution < -0.4 is 10.2 Å². The largest absolute Gasteiger partial charge is 0.508 e. The van der Waals surface area contributed by atoms with E-state index in [0.29, 0.717) is 17.8 Å². The lowest BCUT2D eigenvalue weighted by atomic mass is 9.97. The number of hydrazine groups is 1. The molecule has 4 aliphatic rings. The van der Waals surface area contributed by atoms with Crippen LogP contribution in [-0.4, -0.2) is 141 Å². The fourth-order valence-corrected chi connectivity index (χ4v) is 8.10. The molecule has 55 heavy (non-hydrogen) atoms. The summed E-state index contributed by atoms with van der Waals surface area (Å²) in [5, 5.41) is 15.7. The van der Waals surface area contributed by atoms with Gasteiger partial charge < -0.3 is 25.1 Å². The average molecular weight is 758 g/mol. The second kappa shape index (κ2) is 16.3. The molecule has 0 aliphatic carbocycles. The van der Waals surface area contributed by atoms with Crippen molar-refractivity contribution in [1.29, 1.82) is 0 Å². The fraction of sp³-hybridized carbons (Fsp3) is 0.450. The first-order valence-corrected chi connectivity index (χ1v) is 18.9. The van der Waals surface area contributed by atoms with Crippen molar-refractivity contribution in [2.75, 3.05) is 63.8 Å². The number of aromatic hydroxyl groups is 1. The van der Waals surface area contributed by atoms with Gasteiger partial charge in [-0.3, -0.25) is 19.4 Å². The zero-order valence-corrected chi connectivity index (χ0v) is 31.4. The second-order valence-electron chi connectivity index (χ2n) is 14.9. The number of hydrogen-bond donors (Lipinski definition) is 2. The van der Waals surface area contributed by atoms with Gasteiger partial charge in [-0.25, -0.2) is 28.6 Å². The number of anilines is 1. The van der Waals surface area contributed by atoms with Crippen LogP contribution >= 0.6 is 0 Å². The molecule has 4 saturated heterocycles. The molecule has 0 radical (unpaired) electrons. The Bertz CT molecular complexity index is 1860. The standard InChI is InChI=1S/C40H49F2N9O4/c1-4-13-49-26-38(53)50-35(20-32-33(41)18-31(52)19-34(32)42)39(54)48(25-37(50)51(49)40(55)43-21-28-9-6-5-7-10-28)22-29-11-8-12-36(44-29)47-23-30(24-47)46-16-14-45(15-17-46)27(2)3/h4-12,18-19,27,30,35,37,52H,1,13-17,20-26H2,2-3H3,(H,43,55). The van der Waals surface area contributed by atoms with Gasteiger partial charge in [0.25, 0.3) is 0 Å². The average Bonchev–Trinajstić information content (AvgIpc) is 3.14. The molecule has 2 aromatic carbocycles. The number of nitrogens with one attached hydrogen (secondary N) is 1. The van der Waals surface area contributed by atoms with Crippen LogP contribution in [0.15, 0.2) is 73.3 Å². The number of urea groups is 1. The third-order valence-electron chi connectivity index (χ3n) is 11.1. The number of phenols is 1.